The highest BCUT2D eigenvalue weighted by atomic mass is 16.6. The Morgan fingerprint density at radius 2 is 2.31 bits per heavy atom. The van der Waals surface area contributed by atoms with E-state index in [1.807, 2.05) is 13.0 Å². The Morgan fingerprint density at radius 1 is 1.54 bits per heavy atom. The molecule has 0 saturated heterocycles. The van der Waals surface area contributed by atoms with Crippen molar-refractivity contribution in [1.82, 2.24) is 10.2 Å². The summed E-state index contributed by atoms with van der Waals surface area (Å²) in [5.74, 6) is 0. The first-order valence-electron chi connectivity index (χ1n) is 3.76. The van der Waals surface area contributed by atoms with Crippen LogP contribution in [0.25, 0.3) is 10.9 Å². The number of hydrogen-bond donors (Lipinski definition) is 1. The second kappa shape index (κ2) is 2.55. The number of hydrogen-bond acceptors (Lipinski definition) is 3. The number of nitro groups is 1. The van der Waals surface area contributed by atoms with E-state index in [1.165, 1.54) is 6.07 Å². The van der Waals surface area contributed by atoms with Gasteiger partial charge in [0.2, 0.25) is 0 Å². The zero-order valence-electron chi connectivity index (χ0n) is 6.94. The molecule has 1 N–H and O–H groups in total. The van der Waals surface area contributed by atoms with Crippen molar-refractivity contribution in [1.29, 1.82) is 0 Å². The van der Waals surface area contributed by atoms with E-state index < -0.39 is 4.92 Å². The van der Waals surface area contributed by atoms with E-state index in [1.54, 1.807) is 6.20 Å². The van der Waals surface area contributed by atoms with Gasteiger partial charge in [-0.1, -0.05) is 0 Å². The maximum absolute atomic E-state index is 10.6. The van der Waals surface area contributed by atoms with Gasteiger partial charge in [0.1, 0.15) is 5.52 Å². The lowest BCUT2D eigenvalue weighted by Gasteiger charge is -1.95. The summed E-state index contributed by atoms with van der Waals surface area (Å²) >= 11 is 0. The summed E-state index contributed by atoms with van der Waals surface area (Å²) in [6.45, 7) is 1.82. The van der Waals surface area contributed by atoms with Crippen molar-refractivity contribution in [2.45, 2.75) is 6.92 Å². The molecule has 5 heteroatoms. The van der Waals surface area contributed by atoms with Crippen LogP contribution in [0.2, 0.25) is 0 Å². The van der Waals surface area contributed by atoms with E-state index in [9.17, 15) is 10.1 Å². The molecule has 0 atom stereocenters. The largest absolute Gasteiger partial charge is 0.295 e. The molecular formula is C8H7N3O2. The summed E-state index contributed by atoms with van der Waals surface area (Å²) in [6.07, 6.45) is 1.58. The summed E-state index contributed by atoms with van der Waals surface area (Å²) < 4.78 is 0. The lowest BCUT2D eigenvalue weighted by molar-refractivity contribution is -0.383. The van der Waals surface area contributed by atoms with Gasteiger partial charge in [-0.2, -0.15) is 5.10 Å². The Labute approximate surface area is 73.5 Å². The fourth-order valence-corrected chi connectivity index (χ4v) is 1.33. The van der Waals surface area contributed by atoms with Crippen LogP contribution in [-0.2, 0) is 0 Å². The molecule has 0 radical (unpaired) electrons. The molecule has 2 rings (SSSR count). The van der Waals surface area contributed by atoms with Gasteiger partial charge in [-0.25, -0.2) is 0 Å². The van der Waals surface area contributed by atoms with Crippen LogP contribution in [0.1, 0.15) is 5.56 Å². The van der Waals surface area contributed by atoms with Crippen molar-refractivity contribution in [3.63, 3.8) is 0 Å². The van der Waals surface area contributed by atoms with Crippen molar-refractivity contribution >= 4 is 16.6 Å². The van der Waals surface area contributed by atoms with Crippen molar-refractivity contribution in [2.75, 3.05) is 0 Å². The normalized spacial score (nSPS) is 10.5. The fraction of sp³-hybridized carbons (Fsp3) is 0.125. The van der Waals surface area contributed by atoms with Gasteiger partial charge >= 0.3 is 0 Å². The van der Waals surface area contributed by atoms with E-state index in [2.05, 4.69) is 10.2 Å². The van der Waals surface area contributed by atoms with Crippen LogP contribution >= 0.6 is 0 Å². The maximum Gasteiger partial charge on any atom is 0.295 e. The predicted octanol–water partition coefficient (Wildman–Crippen LogP) is 1.78. The van der Waals surface area contributed by atoms with Crippen LogP contribution in [0.4, 0.5) is 5.69 Å². The molecule has 0 fully saturated rings. The number of benzene rings is 1. The monoisotopic (exact) mass is 177 g/mol. The third-order valence-corrected chi connectivity index (χ3v) is 1.87. The zero-order chi connectivity index (χ0) is 9.42. The topological polar surface area (TPSA) is 71.8 Å². The first-order chi connectivity index (χ1) is 6.18. The third-order valence-electron chi connectivity index (χ3n) is 1.87. The number of nitrogens with zero attached hydrogens (tertiary/aromatic N) is 2. The molecule has 0 aliphatic rings. The molecule has 0 bridgehead atoms. The lowest BCUT2D eigenvalue weighted by Crippen LogP contribution is -1.90. The number of aromatic amines is 1. The first kappa shape index (κ1) is 7.72. The molecule has 0 unspecified atom stereocenters. The van der Waals surface area contributed by atoms with E-state index >= 15 is 0 Å². The average Bonchev–Trinajstić information content (AvgIpc) is 2.49. The SMILES string of the molecule is Cc1cc([N+](=O)[O-])c2[nH]ncc2c1. The minimum Gasteiger partial charge on any atom is -0.271 e. The van der Waals surface area contributed by atoms with Crippen molar-refractivity contribution in [2.24, 2.45) is 0 Å². The Balaban J connectivity index is 2.84. The first-order valence-corrected chi connectivity index (χ1v) is 3.76. The smallest absolute Gasteiger partial charge is 0.271 e. The highest BCUT2D eigenvalue weighted by Crippen LogP contribution is 2.24. The van der Waals surface area contributed by atoms with Gasteiger partial charge in [0.15, 0.2) is 0 Å². The second-order valence-electron chi connectivity index (χ2n) is 2.88. The highest BCUT2D eigenvalue weighted by molar-refractivity contribution is 5.87. The third kappa shape index (κ3) is 1.14. The molecule has 1 aromatic carbocycles. The number of nitro benzene ring substituents is 1. The standard InChI is InChI=1S/C8H7N3O2/c1-5-2-6-4-9-10-8(6)7(3-5)11(12)13/h2-4H,1H3,(H,9,10). The Bertz CT molecular complexity index is 475. The molecule has 13 heavy (non-hydrogen) atoms. The Kier molecular flexibility index (Phi) is 1.51. The van der Waals surface area contributed by atoms with Crippen molar-refractivity contribution in [3.8, 4) is 0 Å². The molecule has 0 saturated carbocycles. The van der Waals surface area contributed by atoms with Gasteiger partial charge in [-0.3, -0.25) is 15.2 Å². The number of rotatable bonds is 1. The van der Waals surface area contributed by atoms with Gasteiger partial charge in [0.25, 0.3) is 5.69 Å². The van der Waals surface area contributed by atoms with Crippen LogP contribution in [0.3, 0.4) is 0 Å². The van der Waals surface area contributed by atoms with Gasteiger partial charge in [-0.05, 0) is 18.6 Å². The molecular weight excluding hydrogens is 170 g/mol. The van der Waals surface area contributed by atoms with Gasteiger partial charge in [0.05, 0.1) is 11.1 Å². The van der Waals surface area contributed by atoms with Crippen LogP contribution in [0.15, 0.2) is 18.3 Å². The Hall–Kier alpha value is -1.91. The molecule has 1 heterocycles. The highest BCUT2D eigenvalue weighted by Gasteiger charge is 2.13. The van der Waals surface area contributed by atoms with Crippen molar-refractivity contribution in [3.05, 3.63) is 34.0 Å². The maximum atomic E-state index is 10.6. The number of nitrogens with one attached hydrogen (secondary N) is 1. The van der Waals surface area contributed by atoms with Crippen LogP contribution < -0.4 is 0 Å². The summed E-state index contributed by atoms with van der Waals surface area (Å²) in [4.78, 5) is 10.2. The molecule has 66 valence electrons. The summed E-state index contributed by atoms with van der Waals surface area (Å²) in [6, 6.07) is 3.38. The number of fused-ring (bicyclic) bond motifs is 1. The van der Waals surface area contributed by atoms with Crippen LogP contribution in [-0.4, -0.2) is 15.1 Å². The van der Waals surface area contributed by atoms with E-state index in [0.29, 0.717) is 5.52 Å². The van der Waals surface area contributed by atoms with E-state index in [4.69, 9.17) is 0 Å². The number of H-pyrrole nitrogens is 1. The summed E-state index contributed by atoms with van der Waals surface area (Å²) in [5, 5.41) is 17.8. The number of non-ortho nitro benzene ring substituents is 1. The van der Waals surface area contributed by atoms with E-state index in [-0.39, 0.29) is 5.69 Å². The number of aromatic nitrogens is 2. The van der Waals surface area contributed by atoms with Crippen molar-refractivity contribution < 1.29 is 4.92 Å². The van der Waals surface area contributed by atoms with E-state index in [0.717, 1.165) is 10.9 Å². The molecule has 1 aromatic heterocycles. The van der Waals surface area contributed by atoms with Crippen LogP contribution in [0.5, 0.6) is 0 Å². The average molecular weight is 177 g/mol. The lowest BCUT2D eigenvalue weighted by atomic mass is 10.1. The quantitative estimate of drug-likeness (QED) is 0.533. The molecule has 5 nitrogen and oxygen atoms in total. The minimum atomic E-state index is -0.409. The molecule has 0 aliphatic carbocycles. The summed E-state index contributed by atoms with van der Waals surface area (Å²) in [5.41, 5.74) is 1.42. The van der Waals surface area contributed by atoms with Gasteiger partial charge in [0, 0.05) is 11.5 Å². The summed E-state index contributed by atoms with van der Waals surface area (Å²) in [7, 11) is 0. The van der Waals surface area contributed by atoms with Gasteiger partial charge < -0.3 is 0 Å². The van der Waals surface area contributed by atoms with Gasteiger partial charge in [-0.15, -0.1) is 0 Å². The van der Waals surface area contributed by atoms with Crippen LogP contribution in [0, 0.1) is 17.0 Å². The molecule has 0 aliphatic heterocycles. The fourth-order valence-electron chi connectivity index (χ4n) is 1.33. The molecule has 2 aromatic rings. The number of aryl methyl sites for hydroxylation is 1. The molecule has 0 amide bonds. The zero-order valence-corrected chi connectivity index (χ0v) is 6.94. The Morgan fingerprint density at radius 3 is 3.00 bits per heavy atom. The predicted molar refractivity (Wildman–Crippen MR) is 47.5 cm³/mol. The molecule has 0 spiro atoms. The second-order valence-corrected chi connectivity index (χ2v) is 2.88. The minimum absolute atomic E-state index is 0.0764.